The van der Waals surface area contributed by atoms with Crippen molar-refractivity contribution in [1.82, 2.24) is 10.3 Å². The average Bonchev–Trinajstić information content (AvgIpc) is 2.77. The zero-order chi connectivity index (χ0) is 13.1. The molecule has 2 aromatic rings. The third-order valence-corrected chi connectivity index (χ3v) is 3.18. The van der Waals surface area contributed by atoms with Crippen LogP contribution in [-0.2, 0) is 4.79 Å². The first kappa shape index (κ1) is 12.3. The molecule has 2 rings (SSSR count). The van der Waals surface area contributed by atoms with Crippen LogP contribution in [0.1, 0.15) is 6.42 Å². The Labute approximate surface area is 104 Å². The number of non-ortho nitro benzene ring substituents is 1. The fourth-order valence-electron chi connectivity index (χ4n) is 1.34. The molecule has 0 unspecified atom stereocenters. The van der Waals surface area contributed by atoms with Gasteiger partial charge in [0.1, 0.15) is 0 Å². The molecule has 9 heteroatoms. The molecule has 0 spiro atoms. The number of nitro groups is 1. The van der Waals surface area contributed by atoms with Crippen molar-refractivity contribution < 1.29 is 19.5 Å². The van der Waals surface area contributed by atoms with Crippen LogP contribution in [0.2, 0.25) is 0 Å². The van der Waals surface area contributed by atoms with E-state index in [9.17, 15) is 14.9 Å². The molecule has 0 saturated carbocycles. The van der Waals surface area contributed by atoms with Gasteiger partial charge in [0.05, 0.1) is 11.3 Å². The second kappa shape index (κ2) is 5.00. The molecule has 1 N–H and O–H groups in total. The minimum Gasteiger partial charge on any atom is -0.481 e. The fourth-order valence-corrected chi connectivity index (χ4v) is 2.27. The molecule has 1 aromatic carbocycles. The highest BCUT2D eigenvalue weighted by molar-refractivity contribution is 7.99. The van der Waals surface area contributed by atoms with Crippen molar-refractivity contribution in [2.45, 2.75) is 11.3 Å². The summed E-state index contributed by atoms with van der Waals surface area (Å²) < 4.78 is 4.49. The second-order valence-corrected chi connectivity index (χ2v) is 4.43. The van der Waals surface area contributed by atoms with E-state index in [1.165, 1.54) is 23.9 Å². The fraction of sp³-hybridized carbons (Fsp3) is 0.222. The normalized spacial score (nSPS) is 10.7. The average molecular weight is 269 g/mol. The van der Waals surface area contributed by atoms with Crippen molar-refractivity contribution in [3.63, 3.8) is 0 Å². The van der Waals surface area contributed by atoms with Crippen molar-refractivity contribution in [3.8, 4) is 0 Å². The number of nitro benzene ring substituents is 1. The summed E-state index contributed by atoms with van der Waals surface area (Å²) in [6.45, 7) is 0. The van der Waals surface area contributed by atoms with E-state index >= 15 is 0 Å². The van der Waals surface area contributed by atoms with Crippen LogP contribution in [0.5, 0.6) is 0 Å². The van der Waals surface area contributed by atoms with E-state index in [1.54, 1.807) is 0 Å². The smallest absolute Gasteiger partial charge is 0.304 e. The summed E-state index contributed by atoms with van der Waals surface area (Å²) in [6.07, 6.45) is -0.00553. The van der Waals surface area contributed by atoms with Gasteiger partial charge in [-0.1, -0.05) is 0 Å². The van der Waals surface area contributed by atoms with Crippen LogP contribution in [0.3, 0.4) is 0 Å². The number of rotatable bonds is 5. The van der Waals surface area contributed by atoms with Gasteiger partial charge in [0.25, 0.3) is 0 Å². The molecule has 0 fully saturated rings. The quantitative estimate of drug-likeness (QED) is 0.494. The van der Waals surface area contributed by atoms with Crippen molar-refractivity contribution in [2.24, 2.45) is 0 Å². The molecule has 8 nitrogen and oxygen atoms in total. The first-order valence-corrected chi connectivity index (χ1v) is 5.82. The number of carboxylic acids is 1. The van der Waals surface area contributed by atoms with Crippen molar-refractivity contribution in [2.75, 3.05) is 5.75 Å². The Balaban J connectivity index is 2.30. The van der Waals surface area contributed by atoms with Gasteiger partial charge in [0.15, 0.2) is 5.52 Å². The predicted octanol–water partition coefficient (Wildman–Crippen LogP) is 1.70. The van der Waals surface area contributed by atoms with Crippen LogP contribution >= 0.6 is 11.8 Å². The van der Waals surface area contributed by atoms with Gasteiger partial charge < -0.3 is 5.11 Å². The van der Waals surface area contributed by atoms with E-state index in [4.69, 9.17) is 5.11 Å². The highest BCUT2D eigenvalue weighted by Gasteiger charge is 2.19. The lowest BCUT2D eigenvalue weighted by Gasteiger charge is -1.99. The maximum absolute atomic E-state index is 10.7. The maximum Gasteiger partial charge on any atom is 0.304 e. The Hall–Kier alpha value is -2.16. The molecule has 0 aliphatic carbocycles. The van der Waals surface area contributed by atoms with Gasteiger partial charge in [-0.2, -0.15) is 0 Å². The number of thioether (sulfide) groups is 1. The van der Waals surface area contributed by atoms with Gasteiger partial charge in [0.2, 0.25) is 5.52 Å². The lowest BCUT2D eigenvalue weighted by atomic mass is 10.3. The summed E-state index contributed by atoms with van der Waals surface area (Å²) in [4.78, 5) is 21.2. The molecule has 94 valence electrons. The molecule has 1 aromatic heterocycles. The number of carbonyl (C=O) groups is 1. The summed E-state index contributed by atoms with van der Waals surface area (Å²) in [5.74, 6) is -0.561. The van der Waals surface area contributed by atoms with Gasteiger partial charge >= 0.3 is 11.7 Å². The van der Waals surface area contributed by atoms with Gasteiger partial charge in [-0.3, -0.25) is 14.9 Å². The molecule has 0 radical (unpaired) electrons. The number of nitrogens with zero attached hydrogens (tertiary/aromatic N) is 3. The second-order valence-electron chi connectivity index (χ2n) is 3.29. The van der Waals surface area contributed by atoms with Gasteiger partial charge in [-0.05, 0) is 16.4 Å². The topological polar surface area (TPSA) is 119 Å². The van der Waals surface area contributed by atoms with Crippen molar-refractivity contribution in [1.29, 1.82) is 0 Å². The summed E-state index contributed by atoms with van der Waals surface area (Å²) in [5, 5.41) is 26.4. The largest absolute Gasteiger partial charge is 0.481 e. The molecular weight excluding hydrogens is 262 g/mol. The number of benzene rings is 1. The van der Waals surface area contributed by atoms with Gasteiger partial charge in [0, 0.05) is 16.7 Å². The number of hydrogen-bond acceptors (Lipinski definition) is 7. The molecule has 1 heterocycles. The highest BCUT2D eigenvalue weighted by Crippen LogP contribution is 2.31. The Morgan fingerprint density at radius 3 is 2.83 bits per heavy atom. The number of fused-ring (bicyclic) bond motifs is 1. The first-order valence-electron chi connectivity index (χ1n) is 4.84. The van der Waals surface area contributed by atoms with Crippen molar-refractivity contribution in [3.05, 3.63) is 22.2 Å². The number of aliphatic carboxylic acids is 1. The van der Waals surface area contributed by atoms with Crippen LogP contribution in [-0.4, -0.2) is 32.1 Å². The maximum atomic E-state index is 10.7. The van der Waals surface area contributed by atoms with E-state index in [2.05, 4.69) is 14.9 Å². The summed E-state index contributed by atoms with van der Waals surface area (Å²) in [7, 11) is 0. The zero-order valence-corrected chi connectivity index (χ0v) is 9.72. The third-order valence-electron chi connectivity index (χ3n) is 2.13. The molecule has 0 atom stereocenters. The monoisotopic (exact) mass is 269 g/mol. The van der Waals surface area contributed by atoms with E-state index in [1.807, 2.05) is 0 Å². The molecule has 0 aliphatic rings. The van der Waals surface area contributed by atoms with Crippen LogP contribution in [0.25, 0.3) is 11.0 Å². The van der Waals surface area contributed by atoms with Crippen molar-refractivity contribution >= 4 is 34.5 Å². The molecule has 0 amide bonds. The van der Waals surface area contributed by atoms with Gasteiger partial charge in [-0.15, -0.1) is 11.8 Å². The number of carboxylic acid groups (broad SMARTS) is 1. The third kappa shape index (κ3) is 2.40. The minimum atomic E-state index is -0.904. The Morgan fingerprint density at radius 2 is 2.17 bits per heavy atom. The standard InChI is InChI=1S/C9H7N3O5S/c13-7(14)3-4-18-6-2-1-5(12(15)16)8-9(6)11-17-10-8/h1-2H,3-4H2,(H,13,14). The lowest BCUT2D eigenvalue weighted by molar-refractivity contribution is -0.383. The summed E-state index contributed by atoms with van der Waals surface area (Å²) in [5.41, 5.74) is 0.161. The Morgan fingerprint density at radius 1 is 1.44 bits per heavy atom. The molecular formula is C9H7N3O5S. The van der Waals surface area contributed by atoms with Crippen LogP contribution in [0.4, 0.5) is 5.69 Å². The van der Waals surface area contributed by atoms with Gasteiger partial charge in [-0.25, -0.2) is 4.63 Å². The first-order chi connectivity index (χ1) is 8.59. The zero-order valence-electron chi connectivity index (χ0n) is 8.90. The van der Waals surface area contributed by atoms with E-state index in [-0.39, 0.29) is 23.1 Å². The summed E-state index contributed by atoms with van der Waals surface area (Å²) >= 11 is 1.24. The molecule has 18 heavy (non-hydrogen) atoms. The lowest BCUT2D eigenvalue weighted by Crippen LogP contribution is -1.96. The van der Waals surface area contributed by atoms with E-state index < -0.39 is 10.9 Å². The van der Waals surface area contributed by atoms with E-state index in [0.29, 0.717) is 10.6 Å². The van der Waals surface area contributed by atoms with E-state index in [0.717, 1.165) is 0 Å². The SMILES string of the molecule is O=C(O)CCSc1ccc([N+](=O)[O-])c2nonc12. The van der Waals surface area contributed by atoms with Crippen LogP contribution in [0.15, 0.2) is 21.7 Å². The highest BCUT2D eigenvalue weighted by atomic mass is 32.2. The Kier molecular flexibility index (Phi) is 3.42. The number of hydrogen-bond donors (Lipinski definition) is 1. The molecule has 0 aliphatic heterocycles. The minimum absolute atomic E-state index is 0.00553. The molecule has 0 saturated heterocycles. The summed E-state index contributed by atoms with van der Waals surface area (Å²) in [6, 6.07) is 2.81. The van der Waals surface area contributed by atoms with Crippen LogP contribution < -0.4 is 0 Å². The number of aromatic nitrogens is 2. The Bertz CT molecular complexity index is 611. The molecule has 0 bridgehead atoms. The van der Waals surface area contributed by atoms with Crippen LogP contribution in [0, 0.1) is 10.1 Å². The predicted molar refractivity (Wildman–Crippen MR) is 61.4 cm³/mol.